The van der Waals surface area contributed by atoms with Crippen LogP contribution in [0.25, 0.3) is 0 Å². The van der Waals surface area contributed by atoms with Crippen LogP contribution in [0.4, 0.5) is 0 Å². The fourth-order valence-electron chi connectivity index (χ4n) is 2.69. The molecule has 0 aromatic carbocycles. The Morgan fingerprint density at radius 2 is 2.00 bits per heavy atom. The summed E-state index contributed by atoms with van der Waals surface area (Å²) < 4.78 is 28.8. The molecule has 0 aliphatic carbocycles. The van der Waals surface area contributed by atoms with E-state index in [1.54, 1.807) is 11.9 Å². The van der Waals surface area contributed by atoms with E-state index >= 15 is 0 Å². The SMILES string of the molecule is C[C@H]1CCCN(S(=O)(=O)N[C@H]2CCN(C)C(=O)C2)C1. The van der Waals surface area contributed by atoms with Crippen molar-refractivity contribution in [3.8, 4) is 0 Å². The summed E-state index contributed by atoms with van der Waals surface area (Å²) in [7, 11) is -1.69. The highest BCUT2D eigenvalue weighted by molar-refractivity contribution is 7.87. The second kappa shape index (κ2) is 5.76. The number of nitrogens with one attached hydrogen (secondary N) is 1. The number of likely N-dealkylation sites (tertiary alicyclic amines) is 1. The second-order valence-electron chi connectivity index (χ2n) is 5.73. The molecule has 2 aliphatic rings. The molecule has 0 radical (unpaired) electrons. The first kappa shape index (κ1) is 14.7. The fourth-order valence-corrected chi connectivity index (χ4v) is 4.28. The average Bonchev–Trinajstić information content (AvgIpc) is 2.33. The number of hydrogen-bond acceptors (Lipinski definition) is 3. The predicted octanol–water partition coefficient (Wildman–Crippen LogP) is 0.174. The Balaban J connectivity index is 1.95. The minimum atomic E-state index is -3.44. The van der Waals surface area contributed by atoms with Gasteiger partial charge in [0, 0.05) is 39.1 Å². The smallest absolute Gasteiger partial charge is 0.279 e. The van der Waals surface area contributed by atoms with Gasteiger partial charge in [0.05, 0.1) is 0 Å². The second-order valence-corrected chi connectivity index (χ2v) is 7.44. The lowest BCUT2D eigenvalue weighted by atomic mass is 10.0. The molecule has 2 rings (SSSR count). The highest BCUT2D eigenvalue weighted by Gasteiger charge is 2.31. The normalized spacial score (nSPS) is 30.6. The number of piperidine rings is 2. The van der Waals surface area contributed by atoms with Crippen LogP contribution in [-0.2, 0) is 15.0 Å². The summed E-state index contributed by atoms with van der Waals surface area (Å²) in [6.45, 7) is 3.85. The van der Waals surface area contributed by atoms with Gasteiger partial charge < -0.3 is 4.90 Å². The first-order valence-electron chi connectivity index (χ1n) is 6.90. The molecule has 0 aromatic rings. The maximum atomic E-state index is 12.3. The molecule has 6 nitrogen and oxygen atoms in total. The van der Waals surface area contributed by atoms with Crippen LogP contribution >= 0.6 is 0 Å². The molecule has 7 heteroatoms. The molecule has 1 amide bonds. The number of carbonyl (C=O) groups excluding carboxylic acids is 1. The maximum Gasteiger partial charge on any atom is 0.279 e. The molecule has 2 fully saturated rings. The molecule has 0 aromatic heterocycles. The molecule has 19 heavy (non-hydrogen) atoms. The van der Waals surface area contributed by atoms with Gasteiger partial charge in [-0.3, -0.25) is 4.79 Å². The Morgan fingerprint density at radius 3 is 2.63 bits per heavy atom. The molecule has 2 saturated heterocycles. The number of nitrogens with zero attached hydrogens (tertiary/aromatic N) is 2. The van der Waals surface area contributed by atoms with Crippen molar-refractivity contribution in [2.75, 3.05) is 26.7 Å². The zero-order chi connectivity index (χ0) is 14.0. The van der Waals surface area contributed by atoms with E-state index in [0.717, 1.165) is 12.8 Å². The van der Waals surface area contributed by atoms with Crippen molar-refractivity contribution in [1.82, 2.24) is 13.9 Å². The van der Waals surface area contributed by atoms with Gasteiger partial charge in [-0.1, -0.05) is 6.92 Å². The quantitative estimate of drug-likeness (QED) is 0.805. The van der Waals surface area contributed by atoms with E-state index in [2.05, 4.69) is 11.6 Å². The topological polar surface area (TPSA) is 69.7 Å². The largest absolute Gasteiger partial charge is 0.346 e. The number of hydrogen-bond donors (Lipinski definition) is 1. The monoisotopic (exact) mass is 289 g/mol. The van der Waals surface area contributed by atoms with E-state index in [4.69, 9.17) is 0 Å². The third kappa shape index (κ3) is 3.67. The van der Waals surface area contributed by atoms with Gasteiger partial charge in [-0.2, -0.15) is 17.4 Å². The summed E-state index contributed by atoms with van der Waals surface area (Å²) >= 11 is 0. The Morgan fingerprint density at radius 1 is 1.26 bits per heavy atom. The van der Waals surface area contributed by atoms with Crippen molar-refractivity contribution in [3.63, 3.8) is 0 Å². The van der Waals surface area contributed by atoms with E-state index in [-0.39, 0.29) is 18.4 Å². The van der Waals surface area contributed by atoms with Crippen LogP contribution in [-0.4, -0.2) is 56.3 Å². The van der Waals surface area contributed by atoms with Gasteiger partial charge in [-0.25, -0.2) is 0 Å². The third-order valence-corrected chi connectivity index (χ3v) is 5.58. The fraction of sp³-hybridized carbons (Fsp3) is 0.917. The van der Waals surface area contributed by atoms with E-state index in [1.807, 2.05) is 0 Å². The Kier molecular flexibility index (Phi) is 4.47. The average molecular weight is 289 g/mol. The van der Waals surface area contributed by atoms with Crippen LogP contribution in [0, 0.1) is 5.92 Å². The molecule has 1 N–H and O–H groups in total. The first-order valence-corrected chi connectivity index (χ1v) is 8.34. The van der Waals surface area contributed by atoms with Crippen molar-refractivity contribution in [1.29, 1.82) is 0 Å². The Hall–Kier alpha value is -0.660. The number of carbonyl (C=O) groups is 1. The molecule has 2 atom stereocenters. The molecule has 110 valence electrons. The molecular weight excluding hydrogens is 266 g/mol. The van der Waals surface area contributed by atoms with Gasteiger partial charge in [-0.05, 0) is 25.2 Å². The van der Waals surface area contributed by atoms with Crippen LogP contribution in [0.2, 0.25) is 0 Å². The zero-order valence-electron chi connectivity index (χ0n) is 11.6. The highest BCUT2D eigenvalue weighted by Crippen LogP contribution is 2.19. The summed E-state index contributed by atoms with van der Waals surface area (Å²) in [6.07, 6.45) is 2.94. The summed E-state index contributed by atoms with van der Waals surface area (Å²) in [4.78, 5) is 13.2. The maximum absolute atomic E-state index is 12.3. The summed E-state index contributed by atoms with van der Waals surface area (Å²) in [5.41, 5.74) is 0. The number of amides is 1. The van der Waals surface area contributed by atoms with Gasteiger partial charge in [0.15, 0.2) is 0 Å². The van der Waals surface area contributed by atoms with Gasteiger partial charge in [0.2, 0.25) is 5.91 Å². The highest BCUT2D eigenvalue weighted by atomic mass is 32.2. The van der Waals surface area contributed by atoms with Crippen molar-refractivity contribution in [2.45, 2.75) is 38.6 Å². The van der Waals surface area contributed by atoms with Gasteiger partial charge >= 0.3 is 0 Å². The van der Waals surface area contributed by atoms with Crippen molar-refractivity contribution in [3.05, 3.63) is 0 Å². The molecular formula is C12H23N3O3S. The van der Waals surface area contributed by atoms with Crippen molar-refractivity contribution < 1.29 is 13.2 Å². The first-order chi connectivity index (χ1) is 8.88. The lowest BCUT2D eigenvalue weighted by molar-refractivity contribution is -0.132. The van der Waals surface area contributed by atoms with Crippen LogP contribution in [0.1, 0.15) is 32.6 Å². The summed E-state index contributed by atoms with van der Waals surface area (Å²) in [5.74, 6) is 0.412. The standard InChI is InChI=1S/C12H23N3O3S/c1-10-4-3-6-15(9-10)19(17,18)13-11-5-7-14(2)12(16)8-11/h10-11,13H,3-9H2,1-2H3/t10-,11-/m0/s1. The Bertz CT molecular complexity index is 438. The molecule has 2 aliphatic heterocycles. The lowest BCUT2D eigenvalue weighted by Gasteiger charge is -2.33. The summed E-state index contributed by atoms with van der Waals surface area (Å²) in [6, 6.07) is -0.258. The predicted molar refractivity (Wildman–Crippen MR) is 72.7 cm³/mol. The third-order valence-electron chi connectivity index (χ3n) is 3.94. The minimum Gasteiger partial charge on any atom is -0.346 e. The van der Waals surface area contributed by atoms with Crippen LogP contribution in [0.15, 0.2) is 0 Å². The van der Waals surface area contributed by atoms with Gasteiger partial charge in [0.1, 0.15) is 0 Å². The summed E-state index contributed by atoms with van der Waals surface area (Å²) in [5, 5.41) is 0. The van der Waals surface area contributed by atoms with Crippen LogP contribution in [0.3, 0.4) is 0 Å². The van der Waals surface area contributed by atoms with Crippen molar-refractivity contribution >= 4 is 16.1 Å². The van der Waals surface area contributed by atoms with Gasteiger partial charge in [-0.15, -0.1) is 0 Å². The van der Waals surface area contributed by atoms with Crippen LogP contribution < -0.4 is 4.72 Å². The molecule has 0 saturated carbocycles. The number of rotatable bonds is 3. The zero-order valence-corrected chi connectivity index (χ0v) is 12.4. The molecule has 0 unspecified atom stereocenters. The van der Waals surface area contributed by atoms with E-state index in [0.29, 0.717) is 32.0 Å². The van der Waals surface area contributed by atoms with E-state index < -0.39 is 10.2 Å². The van der Waals surface area contributed by atoms with Crippen LogP contribution in [0.5, 0.6) is 0 Å². The van der Waals surface area contributed by atoms with Crippen molar-refractivity contribution in [2.24, 2.45) is 5.92 Å². The van der Waals surface area contributed by atoms with Gasteiger partial charge in [0.25, 0.3) is 10.2 Å². The van der Waals surface area contributed by atoms with E-state index in [9.17, 15) is 13.2 Å². The lowest BCUT2D eigenvalue weighted by Crippen LogP contribution is -2.52. The molecule has 2 heterocycles. The molecule has 0 bridgehead atoms. The minimum absolute atomic E-state index is 0.00552. The molecule has 0 spiro atoms. The van der Waals surface area contributed by atoms with E-state index in [1.165, 1.54) is 4.31 Å². The Labute approximate surface area is 115 Å².